The number of anilines is 1. The first-order valence-electron chi connectivity index (χ1n) is 6.59. The lowest BCUT2D eigenvalue weighted by atomic mass is 10.1. The van der Waals surface area contributed by atoms with Crippen molar-refractivity contribution in [3.8, 4) is 6.19 Å². The monoisotopic (exact) mass is 266 g/mol. The molecule has 5 heteroatoms. The number of hydrogen-bond donors (Lipinski definition) is 1. The van der Waals surface area contributed by atoms with Crippen LogP contribution < -0.4 is 10.2 Å². The Labute approximate surface area is 116 Å². The van der Waals surface area contributed by atoms with Gasteiger partial charge in [0.25, 0.3) is 0 Å². The fourth-order valence-electron chi connectivity index (χ4n) is 2.46. The maximum absolute atomic E-state index is 12.3. The number of nitriles is 1. The zero-order valence-electron chi connectivity index (χ0n) is 10.9. The summed E-state index contributed by atoms with van der Waals surface area (Å²) < 4.78 is 0. The molecule has 1 saturated heterocycles. The van der Waals surface area contributed by atoms with Gasteiger partial charge >= 0.3 is 0 Å². The molecule has 1 fully saturated rings. The number of nitrogens with one attached hydrogen (secondary N) is 1. The maximum atomic E-state index is 12.3. The van der Waals surface area contributed by atoms with Crippen molar-refractivity contribution in [1.82, 2.24) is 10.3 Å². The van der Waals surface area contributed by atoms with Gasteiger partial charge in [-0.2, -0.15) is 10.2 Å². The molecule has 100 valence electrons. The highest BCUT2D eigenvalue weighted by Gasteiger charge is 2.28. The van der Waals surface area contributed by atoms with E-state index in [1.807, 2.05) is 30.5 Å². The first-order chi connectivity index (χ1) is 9.79. The molecule has 1 atom stereocenters. The Hall–Kier alpha value is -2.45. The van der Waals surface area contributed by atoms with Gasteiger partial charge < -0.3 is 5.32 Å². The fraction of sp³-hybridized carbons (Fsp3) is 0.267. The van der Waals surface area contributed by atoms with Gasteiger partial charge in [-0.25, -0.2) is 4.98 Å². The molecule has 1 aromatic carbocycles. The molecular weight excluding hydrogens is 252 g/mol. The molecule has 0 aliphatic carbocycles. The fourth-order valence-corrected chi connectivity index (χ4v) is 2.46. The van der Waals surface area contributed by atoms with Gasteiger partial charge in [0.2, 0.25) is 5.91 Å². The van der Waals surface area contributed by atoms with Gasteiger partial charge in [0.05, 0.1) is 5.92 Å². The number of carbonyl (C=O) groups excluding carboxylic acids is 1. The van der Waals surface area contributed by atoms with Crippen LogP contribution in [0, 0.1) is 17.4 Å². The molecule has 1 aliphatic heterocycles. The minimum absolute atomic E-state index is 0.136. The van der Waals surface area contributed by atoms with E-state index < -0.39 is 0 Å². The molecule has 5 nitrogen and oxygen atoms in total. The summed E-state index contributed by atoms with van der Waals surface area (Å²) in [6.07, 6.45) is 4.41. The first-order valence-corrected chi connectivity index (χ1v) is 6.59. The third-order valence-corrected chi connectivity index (χ3v) is 3.58. The second-order valence-corrected chi connectivity index (χ2v) is 4.85. The Kier molecular flexibility index (Phi) is 3.32. The van der Waals surface area contributed by atoms with E-state index in [1.54, 1.807) is 12.3 Å². The number of amides is 1. The Balaban J connectivity index is 1.94. The number of fused-ring (bicyclic) bond motifs is 1. The van der Waals surface area contributed by atoms with Crippen LogP contribution in [0.5, 0.6) is 0 Å². The van der Waals surface area contributed by atoms with Crippen molar-refractivity contribution < 1.29 is 4.79 Å². The molecule has 1 amide bonds. The van der Waals surface area contributed by atoms with E-state index >= 15 is 0 Å². The van der Waals surface area contributed by atoms with Crippen molar-refractivity contribution in [3.63, 3.8) is 0 Å². The van der Waals surface area contributed by atoms with Gasteiger partial charge in [-0.15, -0.1) is 0 Å². The van der Waals surface area contributed by atoms with E-state index in [-0.39, 0.29) is 11.8 Å². The third-order valence-electron chi connectivity index (χ3n) is 3.58. The van der Waals surface area contributed by atoms with Gasteiger partial charge in [0, 0.05) is 18.1 Å². The molecule has 2 aromatic rings. The summed E-state index contributed by atoms with van der Waals surface area (Å²) in [5, 5.41) is 14.4. The number of rotatable bonds is 2. The van der Waals surface area contributed by atoms with E-state index in [4.69, 9.17) is 0 Å². The summed E-state index contributed by atoms with van der Waals surface area (Å²) in [7, 11) is 0. The summed E-state index contributed by atoms with van der Waals surface area (Å²) in [6.45, 7) is 1.45. The number of hydrogen-bond acceptors (Lipinski definition) is 4. The minimum Gasteiger partial charge on any atom is -0.316 e. The molecule has 0 unspecified atom stereocenters. The van der Waals surface area contributed by atoms with Crippen LogP contribution in [0.4, 0.5) is 5.82 Å². The molecule has 1 aromatic heterocycles. The maximum Gasteiger partial charge on any atom is 0.246 e. The number of aromatic nitrogens is 1. The zero-order chi connectivity index (χ0) is 13.9. The van der Waals surface area contributed by atoms with Gasteiger partial charge in [0.1, 0.15) is 5.82 Å². The van der Waals surface area contributed by atoms with Crippen LogP contribution in [0.3, 0.4) is 0 Å². The third kappa shape index (κ3) is 2.22. The second kappa shape index (κ2) is 5.27. The lowest BCUT2D eigenvalue weighted by molar-refractivity contribution is -0.121. The SMILES string of the molecule is N#CN(C(=O)[C@H]1CCNC1)c1cc2ccccc2cn1. The van der Waals surface area contributed by atoms with Gasteiger partial charge in [-0.1, -0.05) is 24.3 Å². The molecule has 1 aliphatic rings. The summed E-state index contributed by atoms with van der Waals surface area (Å²) in [5.41, 5.74) is 0. The molecule has 0 bridgehead atoms. The summed E-state index contributed by atoms with van der Waals surface area (Å²) in [4.78, 5) is 17.7. The van der Waals surface area contributed by atoms with Crippen molar-refractivity contribution >= 4 is 22.5 Å². The molecule has 1 N–H and O–H groups in total. The lowest BCUT2D eigenvalue weighted by Gasteiger charge is -2.16. The van der Waals surface area contributed by atoms with Crippen LogP contribution in [0.2, 0.25) is 0 Å². The van der Waals surface area contributed by atoms with Crippen molar-refractivity contribution in [1.29, 1.82) is 5.26 Å². The highest BCUT2D eigenvalue weighted by Crippen LogP contribution is 2.21. The Bertz CT molecular complexity index is 686. The van der Waals surface area contributed by atoms with Crippen LogP contribution in [-0.4, -0.2) is 24.0 Å². The predicted molar refractivity (Wildman–Crippen MR) is 75.8 cm³/mol. The Morgan fingerprint density at radius 3 is 2.90 bits per heavy atom. The largest absolute Gasteiger partial charge is 0.316 e. The zero-order valence-corrected chi connectivity index (χ0v) is 10.9. The standard InChI is InChI=1S/C15H14N4O/c16-10-19(15(20)13-5-6-17-8-13)14-7-11-3-1-2-4-12(11)9-18-14/h1-4,7,9,13,17H,5-6,8H2/t13-/m0/s1. The van der Waals surface area contributed by atoms with Crippen LogP contribution in [-0.2, 0) is 4.79 Å². The van der Waals surface area contributed by atoms with E-state index in [9.17, 15) is 10.1 Å². The normalized spacial score (nSPS) is 17.9. The molecule has 20 heavy (non-hydrogen) atoms. The quantitative estimate of drug-likeness (QED) is 0.663. The van der Waals surface area contributed by atoms with E-state index in [0.29, 0.717) is 12.4 Å². The summed E-state index contributed by atoms with van der Waals surface area (Å²) in [6, 6.07) is 9.52. The van der Waals surface area contributed by atoms with E-state index in [1.165, 1.54) is 0 Å². The summed E-state index contributed by atoms with van der Waals surface area (Å²) in [5.74, 6) is 0.0753. The van der Waals surface area contributed by atoms with E-state index in [2.05, 4.69) is 10.3 Å². The lowest BCUT2D eigenvalue weighted by Crippen LogP contribution is -2.34. The van der Waals surface area contributed by atoms with Crippen LogP contribution in [0.1, 0.15) is 6.42 Å². The predicted octanol–water partition coefficient (Wildman–Crippen LogP) is 1.66. The Morgan fingerprint density at radius 2 is 2.20 bits per heavy atom. The molecule has 3 rings (SSSR count). The van der Waals surface area contributed by atoms with Gasteiger partial charge in [0.15, 0.2) is 6.19 Å². The number of carbonyl (C=O) groups is 1. The average Bonchev–Trinajstić information content (AvgIpc) is 3.02. The molecule has 0 saturated carbocycles. The average molecular weight is 266 g/mol. The Morgan fingerprint density at radius 1 is 1.40 bits per heavy atom. The molecular formula is C15H14N4O. The molecule has 0 radical (unpaired) electrons. The highest BCUT2D eigenvalue weighted by molar-refractivity contribution is 5.98. The number of benzene rings is 1. The topological polar surface area (TPSA) is 69.0 Å². The van der Waals surface area contributed by atoms with E-state index in [0.717, 1.165) is 28.6 Å². The van der Waals surface area contributed by atoms with Crippen molar-refractivity contribution in [3.05, 3.63) is 36.5 Å². The number of pyridine rings is 1. The van der Waals surface area contributed by atoms with Crippen molar-refractivity contribution in [2.75, 3.05) is 18.0 Å². The van der Waals surface area contributed by atoms with Crippen LogP contribution >= 0.6 is 0 Å². The number of nitrogens with zero attached hydrogens (tertiary/aromatic N) is 3. The second-order valence-electron chi connectivity index (χ2n) is 4.85. The molecule has 2 heterocycles. The smallest absolute Gasteiger partial charge is 0.246 e. The molecule has 0 spiro atoms. The first kappa shape index (κ1) is 12.6. The van der Waals surface area contributed by atoms with Crippen molar-refractivity contribution in [2.45, 2.75) is 6.42 Å². The van der Waals surface area contributed by atoms with Gasteiger partial charge in [-0.3, -0.25) is 4.79 Å². The van der Waals surface area contributed by atoms with Gasteiger partial charge in [-0.05, 0) is 24.4 Å². The summed E-state index contributed by atoms with van der Waals surface area (Å²) >= 11 is 0. The van der Waals surface area contributed by atoms with Crippen LogP contribution in [0.25, 0.3) is 10.8 Å². The van der Waals surface area contributed by atoms with Crippen LogP contribution in [0.15, 0.2) is 36.5 Å². The minimum atomic E-state index is -0.180. The highest BCUT2D eigenvalue weighted by atomic mass is 16.2. The van der Waals surface area contributed by atoms with Crippen molar-refractivity contribution in [2.24, 2.45) is 5.92 Å².